The second-order valence-corrected chi connectivity index (χ2v) is 5.53. The molecule has 0 bridgehead atoms. The van der Waals surface area contributed by atoms with E-state index < -0.39 is 0 Å². The average Bonchev–Trinajstić information content (AvgIpc) is 2.90. The Bertz CT molecular complexity index is 378. The van der Waals surface area contributed by atoms with E-state index in [-0.39, 0.29) is 5.60 Å². The first kappa shape index (κ1) is 11.6. The van der Waals surface area contributed by atoms with Gasteiger partial charge in [0.15, 0.2) is 0 Å². The summed E-state index contributed by atoms with van der Waals surface area (Å²) in [6.45, 7) is 6.03. The van der Waals surface area contributed by atoms with Crippen molar-refractivity contribution < 1.29 is 9.47 Å². The summed E-state index contributed by atoms with van der Waals surface area (Å²) in [5.41, 5.74) is -0.206. The number of rotatable bonds is 3. The van der Waals surface area contributed by atoms with Gasteiger partial charge >= 0.3 is 0 Å². The van der Waals surface area contributed by atoms with Gasteiger partial charge in [-0.15, -0.1) is 0 Å². The molecule has 0 N–H and O–H groups in total. The third kappa shape index (κ3) is 3.31. The molecule has 0 amide bonds. The van der Waals surface area contributed by atoms with E-state index in [0.717, 1.165) is 24.3 Å². The first-order valence-electron chi connectivity index (χ1n) is 5.59. The lowest BCUT2D eigenvalue weighted by molar-refractivity contribution is 0.131. The van der Waals surface area contributed by atoms with Crippen LogP contribution in [0.15, 0.2) is 18.2 Å². The molecule has 2 rings (SSSR count). The lowest BCUT2D eigenvalue weighted by atomic mass is 10.2. The molecule has 16 heavy (non-hydrogen) atoms. The molecule has 1 aliphatic rings. The van der Waals surface area contributed by atoms with E-state index in [1.54, 1.807) is 0 Å². The highest BCUT2D eigenvalue weighted by molar-refractivity contribution is 6.32. The van der Waals surface area contributed by atoms with Crippen molar-refractivity contribution in [1.82, 2.24) is 0 Å². The number of benzene rings is 1. The minimum absolute atomic E-state index is 0.206. The molecule has 88 valence electrons. The zero-order chi connectivity index (χ0) is 11.8. The molecule has 1 aliphatic carbocycles. The molecule has 0 atom stereocenters. The van der Waals surface area contributed by atoms with Gasteiger partial charge in [0, 0.05) is 6.07 Å². The number of halogens is 1. The van der Waals surface area contributed by atoms with Gasteiger partial charge in [-0.1, -0.05) is 11.6 Å². The van der Waals surface area contributed by atoms with Crippen molar-refractivity contribution >= 4 is 11.6 Å². The van der Waals surface area contributed by atoms with Crippen LogP contribution in [0.5, 0.6) is 11.5 Å². The Kier molecular flexibility index (Phi) is 3.02. The minimum Gasteiger partial charge on any atom is -0.489 e. The highest BCUT2D eigenvalue weighted by atomic mass is 35.5. The van der Waals surface area contributed by atoms with Crippen molar-refractivity contribution in [2.75, 3.05) is 0 Å². The Morgan fingerprint density at radius 3 is 2.44 bits per heavy atom. The Balaban J connectivity index is 2.08. The summed E-state index contributed by atoms with van der Waals surface area (Å²) in [6.07, 6.45) is 2.64. The fourth-order valence-electron chi connectivity index (χ4n) is 1.36. The van der Waals surface area contributed by atoms with Crippen molar-refractivity contribution in [3.63, 3.8) is 0 Å². The smallest absolute Gasteiger partial charge is 0.138 e. The Morgan fingerprint density at radius 1 is 1.25 bits per heavy atom. The molecule has 1 saturated carbocycles. The van der Waals surface area contributed by atoms with Gasteiger partial charge in [0.1, 0.15) is 17.1 Å². The quantitative estimate of drug-likeness (QED) is 0.793. The third-order valence-corrected chi connectivity index (χ3v) is 2.44. The fourth-order valence-corrected chi connectivity index (χ4v) is 1.57. The third-order valence-electron chi connectivity index (χ3n) is 2.15. The predicted octanol–water partition coefficient (Wildman–Crippen LogP) is 4.06. The van der Waals surface area contributed by atoms with E-state index >= 15 is 0 Å². The van der Waals surface area contributed by atoms with Gasteiger partial charge in [0.25, 0.3) is 0 Å². The molecule has 3 heteroatoms. The van der Waals surface area contributed by atoms with Crippen LogP contribution in [0.25, 0.3) is 0 Å². The molecule has 0 heterocycles. The maximum Gasteiger partial charge on any atom is 0.138 e. The Morgan fingerprint density at radius 2 is 1.94 bits per heavy atom. The molecular formula is C13H17ClO2. The predicted molar refractivity (Wildman–Crippen MR) is 65.5 cm³/mol. The molecule has 0 aliphatic heterocycles. The van der Waals surface area contributed by atoms with Crippen LogP contribution in [0, 0.1) is 0 Å². The lowest BCUT2D eigenvalue weighted by Gasteiger charge is -2.21. The molecule has 0 unspecified atom stereocenters. The van der Waals surface area contributed by atoms with Crippen molar-refractivity contribution in [3.8, 4) is 11.5 Å². The molecule has 1 aromatic rings. The summed E-state index contributed by atoms with van der Waals surface area (Å²) in [6, 6.07) is 5.58. The van der Waals surface area contributed by atoms with Crippen molar-refractivity contribution in [3.05, 3.63) is 23.2 Å². The molecule has 0 saturated heterocycles. The second-order valence-electron chi connectivity index (χ2n) is 5.12. The summed E-state index contributed by atoms with van der Waals surface area (Å²) in [4.78, 5) is 0. The molecule has 0 aromatic heterocycles. The monoisotopic (exact) mass is 240 g/mol. The summed E-state index contributed by atoms with van der Waals surface area (Å²) >= 11 is 6.13. The summed E-state index contributed by atoms with van der Waals surface area (Å²) in [5.74, 6) is 1.53. The lowest BCUT2D eigenvalue weighted by Crippen LogP contribution is -2.22. The zero-order valence-electron chi connectivity index (χ0n) is 9.92. The first-order valence-corrected chi connectivity index (χ1v) is 5.97. The van der Waals surface area contributed by atoms with Crippen molar-refractivity contribution in [2.24, 2.45) is 0 Å². The van der Waals surface area contributed by atoms with Crippen LogP contribution in [-0.4, -0.2) is 11.7 Å². The summed E-state index contributed by atoms with van der Waals surface area (Å²) in [7, 11) is 0. The number of hydrogen-bond donors (Lipinski definition) is 0. The van der Waals surface area contributed by atoms with Gasteiger partial charge in [-0.2, -0.15) is 0 Å². The van der Waals surface area contributed by atoms with Crippen LogP contribution in [-0.2, 0) is 0 Å². The van der Waals surface area contributed by atoms with E-state index in [1.165, 1.54) is 0 Å². The van der Waals surface area contributed by atoms with Gasteiger partial charge in [-0.3, -0.25) is 0 Å². The fraction of sp³-hybridized carbons (Fsp3) is 0.538. The standard InChI is InChI=1S/C13H17ClO2/c1-13(2,3)16-10-6-7-12(11(14)8-10)15-9-4-5-9/h6-9H,4-5H2,1-3H3. The van der Waals surface area contributed by atoms with Crippen LogP contribution in [0.1, 0.15) is 33.6 Å². The Hall–Kier alpha value is -0.890. The Labute approximate surface area is 102 Å². The zero-order valence-corrected chi connectivity index (χ0v) is 10.7. The highest BCUT2D eigenvalue weighted by Crippen LogP contribution is 2.34. The van der Waals surface area contributed by atoms with Gasteiger partial charge in [0.05, 0.1) is 11.1 Å². The molecule has 0 spiro atoms. The second kappa shape index (κ2) is 4.17. The van der Waals surface area contributed by atoms with Crippen LogP contribution < -0.4 is 9.47 Å². The van der Waals surface area contributed by atoms with Crippen LogP contribution in [0.2, 0.25) is 5.02 Å². The topological polar surface area (TPSA) is 18.5 Å². The van der Waals surface area contributed by atoms with E-state index in [0.29, 0.717) is 11.1 Å². The molecular weight excluding hydrogens is 224 g/mol. The van der Waals surface area contributed by atoms with Gasteiger partial charge < -0.3 is 9.47 Å². The SMILES string of the molecule is CC(C)(C)Oc1ccc(OC2CC2)c(Cl)c1. The highest BCUT2D eigenvalue weighted by Gasteiger charge is 2.24. The molecule has 0 radical (unpaired) electrons. The van der Waals surface area contributed by atoms with Crippen molar-refractivity contribution in [1.29, 1.82) is 0 Å². The molecule has 2 nitrogen and oxygen atoms in total. The maximum absolute atomic E-state index is 6.13. The van der Waals surface area contributed by atoms with Gasteiger partial charge in [-0.05, 0) is 45.7 Å². The van der Waals surface area contributed by atoms with Crippen LogP contribution >= 0.6 is 11.6 Å². The molecule has 1 fully saturated rings. The van der Waals surface area contributed by atoms with Crippen molar-refractivity contribution in [2.45, 2.75) is 45.3 Å². The molecule has 1 aromatic carbocycles. The van der Waals surface area contributed by atoms with E-state index in [1.807, 2.05) is 39.0 Å². The minimum atomic E-state index is -0.206. The summed E-state index contributed by atoms with van der Waals surface area (Å²) < 4.78 is 11.4. The van der Waals surface area contributed by atoms with Crippen LogP contribution in [0.4, 0.5) is 0 Å². The van der Waals surface area contributed by atoms with Gasteiger partial charge in [-0.25, -0.2) is 0 Å². The van der Waals surface area contributed by atoms with Crippen LogP contribution in [0.3, 0.4) is 0 Å². The normalized spacial score (nSPS) is 16.0. The maximum atomic E-state index is 6.13. The van der Waals surface area contributed by atoms with E-state index in [2.05, 4.69) is 0 Å². The number of hydrogen-bond acceptors (Lipinski definition) is 2. The largest absolute Gasteiger partial charge is 0.489 e. The average molecular weight is 241 g/mol. The van der Waals surface area contributed by atoms with Gasteiger partial charge in [0.2, 0.25) is 0 Å². The first-order chi connectivity index (χ1) is 7.44. The number of ether oxygens (including phenoxy) is 2. The van der Waals surface area contributed by atoms with E-state index in [4.69, 9.17) is 21.1 Å². The van der Waals surface area contributed by atoms with E-state index in [9.17, 15) is 0 Å². The summed E-state index contributed by atoms with van der Waals surface area (Å²) in [5, 5.41) is 0.619.